The number of rotatable bonds is 7. The third-order valence-corrected chi connectivity index (χ3v) is 6.02. The van der Waals surface area contributed by atoms with Gasteiger partial charge in [0.25, 0.3) is 0 Å². The molecule has 0 bridgehead atoms. The number of halogens is 2. The maximum Gasteiger partial charge on any atom is 0.337 e. The number of amides is 1. The molecule has 3 N–H and O–H groups in total. The minimum atomic E-state index is -1.15. The van der Waals surface area contributed by atoms with E-state index < -0.39 is 23.6 Å². The highest BCUT2D eigenvalue weighted by atomic mass is 35.5. The van der Waals surface area contributed by atoms with E-state index in [4.69, 9.17) is 22.1 Å². The van der Waals surface area contributed by atoms with Gasteiger partial charge in [0.1, 0.15) is 5.82 Å². The van der Waals surface area contributed by atoms with E-state index in [1.807, 2.05) is 0 Å². The fourth-order valence-electron chi connectivity index (χ4n) is 3.38. The molecule has 1 aliphatic heterocycles. The molecule has 0 unspecified atom stereocenters. The van der Waals surface area contributed by atoms with E-state index in [-0.39, 0.29) is 39.1 Å². The Balaban J connectivity index is 2.35. The zero-order valence-corrected chi connectivity index (χ0v) is 18.6. The molecule has 1 amide bonds. The molecule has 1 aliphatic rings. The summed E-state index contributed by atoms with van der Waals surface area (Å²) in [6.45, 7) is 1.73. The summed E-state index contributed by atoms with van der Waals surface area (Å²) < 4.78 is 20.3. The van der Waals surface area contributed by atoms with E-state index in [0.717, 1.165) is 11.8 Å². The summed E-state index contributed by atoms with van der Waals surface area (Å²) in [6, 6.07) is 15.1. The Hall–Kier alpha value is -3.28. The van der Waals surface area contributed by atoms with Crippen LogP contribution in [0.2, 0.25) is 5.02 Å². The first-order chi connectivity index (χ1) is 15.4. The van der Waals surface area contributed by atoms with Crippen molar-refractivity contribution in [1.82, 2.24) is 5.32 Å². The molecule has 2 aromatic rings. The van der Waals surface area contributed by atoms with Gasteiger partial charge in [-0.1, -0.05) is 59.8 Å². The molecule has 2 aromatic carbocycles. The van der Waals surface area contributed by atoms with Crippen molar-refractivity contribution in [3.8, 4) is 6.07 Å². The number of nitrogens with zero attached hydrogens (tertiary/aromatic N) is 1. The van der Waals surface area contributed by atoms with Crippen LogP contribution in [0.15, 0.2) is 64.7 Å². The highest BCUT2D eigenvalue weighted by molar-refractivity contribution is 8.03. The maximum absolute atomic E-state index is 15.0. The molecule has 1 atom stereocenters. The minimum absolute atomic E-state index is 0.0270. The molecule has 1 heterocycles. The second kappa shape index (κ2) is 10.4. The molecule has 32 heavy (non-hydrogen) atoms. The Morgan fingerprint density at radius 3 is 2.56 bits per heavy atom. The van der Waals surface area contributed by atoms with Gasteiger partial charge in [-0.05, 0) is 24.6 Å². The van der Waals surface area contributed by atoms with Gasteiger partial charge in [-0.25, -0.2) is 9.18 Å². The number of nitriles is 1. The predicted octanol–water partition coefficient (Wildman–Crippen LogP) is 4.09. The molecule has 0 aromatic heterocycles. The third kappa shape index (κ3) is 4.79. The van der Waals surface area contributed by atoms with Crippen molar-refractivity contribution >= 4 is 40.9 Å². The maximum atomic E-state index is 15.0. The first-order valence-electron chi connectivity index (χ1n) is 9.62. The van der Waals surface area contributed by atoms with Crippen molar-refractivity contribution in [2.24, 2.45) is 5.73 Å². The Kier molecular flexibility index (Phi) is 7.57. The normalized spacial score (nSPS) is 15.8. The van der Waals surface area contributed by atoms with Gasteiger partial charge in [-0.2, -0.15) is 5.26 Å². The number of primary amides is 1. The van der Waals surface area contributed by atoms with Gasteiger partial charge >= 0.3 is 5.97 Å². The fraction of sp³-hybridized carbons (Fsp3) is 0.174. The number of carbonyl (C=O) groups is 2. The van der Waals surface area contributed by atoms with Crippen LogP contribution in [0, 0.1) is 17.1 Å². The van der Waals surface area contributed by atoms with E-state index in [2.05, 4.69) is 11.4 Å². The van der Waals surface area contributed by atoms with Crippen molar-refractivity contribution in [3.05, 3.63) is 86.7 Å². The number of hydrogen-bond donors (Lipinski definition) is 2. The van der Waals surface area contributed by atoms with Crippen LogP contribution in [0.1, 0.15) is 24.0 Å². The van der Waals surface area contributed by atoms with Gasteiger partial charge in [0.2, 0.25) is 5.91 Å². The number of benzene rings is 2. The van der Waals surface area contributed by atoms with Crippen molar-refractivity contribution in [2.75, 3.05) is 12.4 Å². The number of allylic oxidation sites excluding steroid dienone is 1. The lowest BCUT2D eigenvalue weighted by atomic mass is 9.81. The highest BCUT2D eigenvalue weighted by Gasteiger charge is 2.39. The molecule has 0 aliphatic carbocycles. The zero-order chi connectivity index (χ0) is 23.3. The summed E-state index contributed by atoms with van der Waals surface area (Å²) in [5, 5.41) is 13.4. The molecular formula is C23H19ClFN3O3S. The van der Waals surface area contributed by atoms with E-state index in [1.54, 1.807) is 37.3 Å². The molecule has 0 fully saturated rings. The number of nitrogens with two attached hydrogens (primary N) is 1. The first-order valence-corrected chi connectivity index (χ1v) is 11.0. The molecule has 6 nitrogen and oxygen atoms in total. The number of carbonyl (C=O) groups excluding carboxylic acids is 2. The molecule has 9 heteroatoms. The van der Waals surface area contributed by atoms with E-state index in [1.165, 1.54) is 18.2 Å². The van der Waals surface area contributed by atoms with Crippen molar-refractivity contribution in [2.45, 2.75) is 12.8 Å². The number of hydrogen-bond acceptors (Lipinski definition) is 6. The van der Waals surface area contributed by atoms with Crippen molar-refractivity contribution in [3.63, 3.8) is 0 Å². The van der Waals surface area contributed by atoms with E-state index in [0.29, 0.717) is 11.3 Å². The SMILES string of the molecule is CCOC(=O)C1=C(c2ccccc2)NC(SCC(N)=O)=C(C#N)[C@H]1c1c(F)cccc1Cl. The second-order valence-electron chi connectivity index (χ2n) is 6.68. The summed E-state index contributed by atoms with van der Waals surface area (Å²) >= 11 is 7.35. The van der Waals surface area contributed by atoms with Gasteiger partial charge in [0.05, 0.1) is 46.2 Å². The second-order valence-corrected chi connectivity index (χ2v) is 8.07. The molecule has 0 radical (unpaired) electrons. The van der Waals surface area contributed by atoms with E-state index >= 15 is 4.39 Å². The predicted molar refractivity (Wildman–Crippen MR) is 122 cm³/mol. The first kappa shape index (κ1) is 23.4. The number of nitrogens with one attached hydrogen (secondary N) is 1. The van der Waals surface area contributed by atoms with Crippen LogP contribution in [0.4, 0.5) is 4.39 Å². The average Bonchev–Trinajstić information content (AvgIpc) is 2.77. The van der Waals surface area contributed by atoms with Crippen LogP contribution in [-0.4, -0.2) is 24.2 Å². The molecule has 0 saturated heterocycles. The number of ether oxygens (including phenoxy) is 1. The van der Waals surface area contributed by atoms with Crippen LogP contribution in [0.25, 0.3) is 5.70 Å². The van der Waals surface area contributed by atoms with Crippen LogP contribution < -0.4 is 11.1 Å². The van der Waals surface area contributed by atoms with Gasteiger partial charge in [-0.3, -0.25) is 4.79 Å². The molecule has 0 spiro atoms. The molecule has 0 saturated carbocycles. The third-order valence-electron chi connectivity index (χ3n) is 4.66. The van der Waals surface area contributed by atoms with Crippen LogP contribution in [0.5, 0.6) is 0 Å². The topological polar surface area (TPSA) is 105 Å². The number of dihydropyridines is 1. The quantitative estimate of drug-likeness (QED) is 0.589. The number of esters is 1. The average molecular weight is 472 g/mol. The Bertz CT molecular complexity index is 1140. The van der Waals surface area contributed by atoms with Crippen LogP contribution >= 0.6 is 23.4 Å². The summed E-state index contributed by atoms with van der Waals surface area (Å²) in [4.78, 5) is 24.5. The Morgan fingerprint density at radius 2 is 1.97 bits per heavy atom. The van der Waals surface area contributed by atoms with E-state index in [9.17, 15) is 14.9 Å². The summed E-state index contributed by atoms with van der Waals surface area (Å²) in [7, 11) is 0. The van der Waals surface area contributed by atoms with Gasteiger partial charge in [0, 0.05) is 10.6 Å². The summed E-state index contributed by atoms with van der Waals surface area (Å²) in [6.07, 6.45) is 0. The largest absolute Gasteiger partial charge is 0.463 e. The Morgan fingerprint density at radius 1 is 1.25 bits per heavy atom. The molecule has 164 valence electrons. The monoisotopic (exact) mass is 471 g/mol. The van der Waals surface area contributed by atoms with Crippen molar-refractivity contribution < 1.29 is 18.7 Å². The lowest BCUT2D eigenvalue weighted by Crippen LogP contribution is -2.30. The number of thioether (sulfide) groups is 1. The summed E-state index contributed by atoms with van der Waals surface area (Å²) in [5.41, 5.74) is 6.29. The van der Waals surface area contributed by atoms with Crippen molar-refractivity contribution in [1.29, 1.82) is 5.26 Å². The van der Waals surface area contributed by atoms with Gasteiger partial charge < -0.3 is 15.8 Å². The molecular weight excluding hydrogens is 453 g/mol. The van der Waals surface area contributed by atoms with Gasteiger partial charge in [0.15, 0.2) is 0 Å². The van der Waals surface area contributed by atoms with Crippen LogP contribution in [0.3, 0.4) is 0 Å². The highest BCUT2D eigenvalue weighted by Crippen LogP contribution is 2.46. The lowest BCUT2D eigenvalue weighted by Gasteiger charge is -2.31. The Labute approximate surface area is 193 Å². The van der Waals surface area contributed by atoms with Crippen LogP contribution in [-0.2, 0) is 14.3 Å². The smallest absolute Gasteiger partial charge is 0.337 e. The molecule has 3 rings (SSSR count). The fourth-order valence-corrected chi connectivity index (χ4v) is 4.43. The lowest BCUT2D eigenvalue weighted by molar-refractivity contribution is -0.138. The standard InChI is InChI=1S/C23H19ClFN3O3S/c1-2-31-23(30)20-18(19-15(24)9-6-10-16(19)25)14(11-26)22(32-12-17(27)29)28-21(20)13-7-4-3-5-8-13/h3-10,18,28H,2,12H2,1H3,(H2,27,29)/t18-/m0/s1. The minimum Gasteiger partial charge on any atom is -0.463 e. The van der Waals surface area contributed by atoms with Gasteiger partial charge in [-0.15, -0.1) is 0 Å². The summed E-state index contributed by atoms with van der Waals surface area (Å²) in [5.74, 6) is -3.26. The zero-order valence-electron chi connectivity index (χ0n) is 17.0.